The van der Waals surface area contributed by atoms with Gasteiger partial charge in [-0.25, -0.2) is 4.39 Å². The highest BCUT2D eigenvalue weighted by Gasteiger charge is 2.10. The second-order valence-corrected chi connectivity index (χ2v) is 3.82. The van der Waals surface area contributed by atoms with Gasteiger partial charge in [0.2, 0.25) is 0 Å². The Hall–Kier alpha value is -1.06. The van der Waals surface area contributed by atoms with Crippen molar-refractivity contribution in [2.45, 2.75) is 20.0 Å². The normalized spacial score (nSPS) is 13.7. The highest BCUT2D eigenvalue weighted by atomic mass is 35.5. The fraction of sp³-hybridized carbons (Fsp3) is 0.333. The van der Waals surface area contributed by atoms with Gasteiger partial charge in [-0.2, -0.15) is 0 Å². The number of aliphatic hydroxyl groups is 1. The van der Waals surface area contributed by atoms with Crippen molar-refractivity contribution in [2.75, 3.05) is 6.61 Å². The maximum atomic E-state index is 13.0. The molecule has 4 heteroatoms. The average Bonchev–Trinajstić information content (AvgIpc) is 2.26. The van der Waals surface area contributed by atoms with Crippen LogP contribution in [0.2, 0.25) is 0 Å². The van der Waals surface area contributed by atoms with Gasteiger partial charge in [0.25, 0.3) is 0 Å². The van der Waals surface area contributed by atoms with Crippen LogP contribution in [0, 0.1) is 5.82 Å². The van der Waals surface area contributed by atoms with E-state index in [2.05, 4.69) is 0 Å². The van der Waals surface area contributed by atoms with Crippen molar-refractivity contribution < 1.29 is 14.2 Å². The number of aliphatic hydroxyl groups excluding tert-OH is 1. The first-order valence-corrected chi connectivity index (χ1v) is 5.34. The van der Waals surface area contributed by atoms with Crippen LogP contribution in [0.3, 0.4) is 0 Å². The molecule has 0 aliphatic rings. The molecule has 16 heavy (non-hydrogen) atoms. The van der Waals surface area contributed by atoms with Crippen LogP contribution in [-0.2, 0) is 0 Å². The summed E-state index contributed by atoms with van der Waals surface area (Å²) in [5.41, 5.74) is 2.70. The van der Waals surface area contributed by atoms with Crippen LogP contribution in [0.25, 0.3) is 0 Å². The number of halogens is 2. The quantitative estimate of drug-likeness (QED) is 0.880. The molecule has 0 aromatic heterocycles. The second-order valence-electron chi connectivity index (χ2n) is 3.60. The van der Waals surface area contributed by atoms with Crippen LogP contribution in [0.15, 0.2) is 29.3 Å². The molecule has 0 amide bonds. The van der Waals surface area contributed by atoms with E-state index in [4.69, 9.17) is 16.3 Å². The van der Waals surface area contributed by atoms with Crippen LogP contribution >= 0.6 is 11.6 Å². The summed E-state index contributed by atoms with van der Waals surface area (Å²) in [5, 5.41) is 9.46. The molecule has 88 valence electrons. The van der Waals surface area contributed by atoms with Crippen molar-refractivity contribution in [3.63, 3.8) is 0 Å². The maximum Gasteiger partial charge on any atom is 0.125 e. The van der Waals surface area contributed by atoms with Crippen LogP contribution in [0.1, 0.15) is 25.5 Å². The van der Waals surface area contributed by atoms with E-state index < -0.39 is 11.9 Å². The molecule has 0 radical (unpaired) electrons. The maximum absolute atomic E-state index is 13.0. The molecule has 1 atom stereocenters. The molecule has 1 aromatic carbocycles. The van der Waals surface area contributed by atoms with Gasteiger partial charge < -0.3 is 9.84 Å². The van der Waals surface area contributed by atoms with E-state index in [9.17, 15) is 9.50 Å². The Kier molecular flexibility index (Phi) is 4.77. The average molecular weight is 245 g/mol. The highest BCUT2D eigenvalue weighted by molar-refractivity contribution is 6.25. The minimum absolute atomic E-state index is 0.314. The number of rotatable bonds is 4. The zero-order valence-electron chi connectivity index (χ0n) is 9.21. The van der Waals surface area contributed by atoms with E-state index in [-0.39, 0.29) is 0 Å². The number of ether oxygens (including phenoxy) is 1. The molecule has 1 N–H and O–H groups in total. The number of hydrogen-bond donors (Lipinski definition) is 1. The van der Waals surface area contributed by atoms with Gasteiger partial charge in [0.05, 0.1) is 6.10 Å². The summed E-state index contributed by atoms with van der Waals surface area (Å²) < 4.78 is 18.4. The Balaban J connectivity index is 2.87. The van der Waals surface area contributed by atoms with E-state index >= 15 is 0 Å². The first kappa shape index (κ1) is 13.0. The standard InChI is InChI=1S/C12H14ClFO2/c1-8(6-13)7-16-12-4-3-10(14)5-11(12)9(2)15/h3-6,9,15H,7H2,1-2H3/b8-6+/t9-/m0/s1. The van der Waals surface area contributed by atoms with Crippen LogP contribution in [0.4, 0.5) is 4.39 Å². The monoisotopic (exact) mass is 244 g/mol. The van der Waals surface area contributed by atoms with Gasteiger partial charge in [0, 0.05) is 11.1 Å². The minimum atomic E-state index is -0.772. The fourth-order valence-corrected chi connectivity index (χ4v) is 1.26. The van der Waals surface area contributed by atoms with Gasteiger partial charge >= 0.3 is 0 Å². The van der Waals surface area contributed by atoms with Crippen molar-refractivity contribution in [1.82, 2.24) is 0 Å². The predicted octanol–water partition coefficient (Wildman–Crippen LogP) is 3.40. The molecule has 0 saturated carbocycles. The molecular weight excluding hydrogens is 231 g/mol. The van der Waals surface area contributed by atoms with Gasteiger partial charge in [-0.3, -0.25) is 0 Å². The summed E-state index contributed by atoms with van der Waals surface area (Å²) in [6.07, 6.45) is -0.772. The van der Waals surface area contributed by atoms with Gasteiger partial charge in [-0.15, -0.1) is 0 Å². The molecule has 0 spiro atoms. The van der Waals surface area contributed by atoms with E-state index in [1.54, 1.807) is 6.92 Å². The summed E-state index contributed by atoms with van der Waals surface area (Å²) in [6, 6.07) is 4.06. The zero-order valence-corrected chi connectivity index (χ0v) is 9.96. The van der Waals surface area contributed by atoms with Gasteiger partial charge in [0.1, 0.15) is 18.2 Å². The molecule has 0 fully saturated rings. The summed E-state index contributed by atoms with van der Waals surface area (Å²) in [6.45, 7) is 3.69. The molecule has 0 aliphatic heterocycles. The largest absolute Gasteiger partial charge is 0.489 e. The van der Waals surface area contributed by atoms with Gasteiger partial charge in [-0.1, -0.05) is 11.6 Å². The molecule has 0 unspecified atom stereocenters. The second kappa shape index (κ2) is 5.87. The van der Waals surface area contributed by atoms with E-state index in [0.29, 0.717) is 17.9 Å². The molecule has 0 bridgehead atoms. The lowest BCUT2D eigenvalue weighted by atomic mass is 10.1. The zero-order chi connectivity index (χ0) is 12.1. The smallest absolute Gasteiger partial charge is 0.125 e. The van der Waals surface area contributed by atoms with E-state index in [0.717, 1.165) is 5.57 Å². The van der Waals surface area contributed by atoms with E-state index in [1.165, 1.54) is 23.7 Å². The lowest BCUT2D eigenvalue weighted by Gasteiger charge is -2.13. The van der Waals surface area contributed by atoms with Crippen molar-refractivity contribution in [1.29, 1.82) is 0 Å². The Morgan fingerprint density at radius 3 is 2.88 bits per heavy atom. The molecule has 2 nitrogen and oxygen atoms in total. The third kappa shape index (κ3) is 3.51. The first-order valence-electron chi connectivity index (χ1n) is 4.90. The molecular formula is C12H14ClFO2. The number of hydrogen-bond acceptors (Lipinski definition) is 2. The van der Waals surface area contributed by atoms with Crippen molar-refractivity contribution >= 4 is 11.6 Å². The number of benzene rings is 1. The molecule has 0 saturated heterocycles. The molecule has 0 aliphatic carbocycles. The van der Waals surface area contributed by atoms with Crippen LogP contribution in [-0.4, -0.2) is 11.7 Å². The molecule has 1 rings (SSSR count). The topological polar surface area (TPSA) is 29.5 Å². The SMILES string of the molecule is C/C(=C\Cl)COc1ccc(F)cc1[C@H](C)O. The van der Waals surface area contributed by atoms with Crippen LogP contribution in [0.5, 0.6) is 5.75 Å². The van der Waals surface area contributed by atoms with Crippen molar-refractivity contribution in [2.24, 2.45) is 0 Å². The van der Waals surface area contributed by atoms with E-state index in [1.807, 2.05) is 6.92 Å². The Labute approximate surface area is 99.3 Å². The first-order chi connectivity index (χ1) is 7.54. The summed E-state index contributed by atoms with van der Waals surface area (Å²) >= 11 is 5.49. The summed E-state index contributed by atoms with van der Waals surface area (Å²) in [7, 11) is 0. The minimum Gasteiger partial charge on any atom is -0.489 e. The lowest BCUT2D eigenvalue weighted by molar-refractivity contribution is 0.192. The Morgan fingerprint density at radius 1 is 1.62 bits per heavy atom. The van der Waals surface area contributed by atoms with Gasteiger partial charge in [-0.05, 0) is 37.6 Å². The van der Waals surface area contributed by atoms with Crippen molar-refractivity contribution in [3.8, 4) is 5.75 Å². The summed E-state index contributed by atoms with van der Waals surface area (Å²) in [5.74, 6) is 0.0714. The van der Waals surface area contributed by atoms with Crippen molar-refractivity contribution in [3.05, 3.63) is 40.7 Å². The highest BCUT2D eigenvalue weighted by Crippen LogP contribution is 2.26. The Morgan fingerprint density at radius 2 is 2.31 bits per heavy atom. The van der Waals surface area contributed by atoms with Crippen LogP contribution < -0.4 is 4.74 Å². The fourth-order valence-electron chi connectivity index (χ4n) is 1.20. The molecule has 0 heterocycles. The lowest BCUT2D eigenvalue weighted by Crippen LogP contribution is -2.03. The third-order valence-corrected chi connectivity index (χ3v) is 2.44. The predicted molar refractivity (Wildman–Crippen MR) is 62.1 cm³/mol. The molecule has 1 aromatic rings. The Bertz CT molecular complexity index is 389. The summed E-state index contributed by atoms with van der Waals surface area (Å²) in [4.78, 5) is 0. The third-order valence-electron chi connectivity index (χ3n) is 2.06. The van der Waals surface area contributed by atoms with Gasteiger partial charge in [0.15, 0.2) is 0 Å².